The van der Waals surface area contributed by atoms with Crippen molar-refractivity contribution in [3.63, 3.8) is 0 Å². The molecular weight excluding hydrogens is 270 g/mol. The Hall–Kier alpha value is -1.45. The minimum Gasteiger partial charge on any atom is -0.339 e. The maximum absolute atomic E-state index is 12.1. The molecule has 1 aromatic heterocycles. The third-order valence-corrected chi connectivity index (χ3v) is 4.72. The normalized spacial score (nSPS) is 16.8. The summed E-state index contributed by atoms with van der Waals surface area (Å²) in [6, 6.07) is 1.36. The van der Waals surface area contributed by atoms with Gasteiger partial charge in [-0.25, -0.2) is 8.42 Å². The van der Waals surface area contributed by atoms with Crippen LogP contribution in [0.2, 0.25) is 0 Å². The number of hydrogen-bond acceptors (Lipinski definition) is 5. The summed E-state index contributed by atoms with van der Waals surface area (Å²) in [7, 11) is -2.29. The first-order valence-corrected chi connectivity index (χ1v) is 7.40. The number of amides is 1. The average Bonchev–Trinajstić information content (AvgIpc) is 2.94. The standard InChI is InChI=1S/C10H17N5O3S/c1-14(19(17,18)9-2-3-12-13-9)8-10(16)15-6-4-11-5-7-15/h2-3,11H,4-8H2,1H3,(H,12,13). The summed E-state index contributed by atoms with van der Waals surface area (Å²) in [6.07, 6.45) is 1.36. The molecule has 1 amide bonds. The van der Waals surface area contributed by atoms with E-state index in [4.69, 9.17) is 0 Å². The number of piperazine rings is 1. The number of nitrogens with zero attached hydrogens (tertiary/aromatic N) is 3. The van der Waals surface area contributed by atoms with E-state index in [1.807, 2.05) is 0 Å². The van der Waals surface area contributed by atoms with Crippen LogP contribution in [-0.2, 0) is 14.8 Å². The number of aromatic nitrogens is 2. The van der Waals surface area contributed by atoms with E-state index in [0.29, 0.717) is 13.1 Å². The quantitative estimate of drug-likeness (QED) is 0.699. The molecule has 1 fully saturated rings. The highest BCUT2D eigenvalue weighted by atomic mass is 32.2. The molecule has 0 radical (unpaired) electrons. The van der Waals surface area contributed by atoms with E-state index in [1.54, 1.807) is 4.90 Å². The second-order valence-corrected chi connectivity index (χ2v) is 6.33. The number of hydrogen-bond donors (Lipinski definition) is 2. The van der Waals surface area contributed by atoms with Crippen molar-refractivity contribution in [3.8, 4) is 0 Å². The first kappa shape index (κ1) is 14.0. The van der Waals surface area contributed by atoms with Crippen LogP contribution in [0, 0.1) is 0 Å². The van der Waals surface area contributed by atoms with Crippen molar-refractivity contribution in [2.24, 2.45) is 0 Å². The van der Waals surface area contributed by atoms with E-state index in [0.717, 1.165) is 17.4 Å². The Morgan fingerprint density at radius 2 is 2.16 bits per heavy atom. The van der Waals surface area contributed by atoms with Crippen molar-refractivity contribution in [2.45, 2.75) is 5.03 Å². The molecule has 0 bridgehead atoms. The molecule has 2 rings (SSSR count). The second-order valence-electron chi connectivity index (χ2n) is 4.31. The number of H-pyrrole nitrogens is 1. The summed E-state index contributed by atoms with van der Waals surface area (Å²) >= 11 is 0. The van der Waals surface area contributed by atoms with Gasteiger partial charge in [0.1, 0.15) is 0 Å². The molecule has 0 aromatic carbocycles. The van der Waals surface area contributed by atoms with Gasteiger partial charge in [0.25, 0.3) is 10.0 Å². The maximum atomic E-state index is 12.1. The largest absolute Gasteiger partial charge is 0.339 e. The topological polar surface area (TPSA) is 98.4 Å². The molecule has 19 heavy (non-hydrogen) atoms. The zero-order chi connectivity index (χ0) is 13.9. The van der Waals surface area contributed by atoms with Gasteiger partial charge in [-0.1, -0.05) is 0 Å². The van der Waals surface area contributed by atoms with E-state index in [9.17, 15) is 13.2 Å². The molecule has 2 heterocycles. The average molecular weight is 287 g/mol. The van der Waals surface area contributed by atoms with Crippen molar-refractivity contribution in [1.82, 2.24) is 24.7 Å². The monoisotopic (exact) mass is 287 g/mol. The molecule has 0 atom stereocenters. The summed E-state index contributed by atoms with van der Waals surface area (Å²) < 4.78 is 25.2. The molecule has 1 aliphatic heterocycles. The second kappa shape index (κ2) is 5.68. The van der Waals surface area contributed by atoms with Crippen LogP contribution in [0.3, 0.4) is 0 Å². The van der Waals surface area contributed by atoms with Gasteiger partial charge in [0, 0.05) is 33.2 Å². The molecule has 9 heteroatoms. The van der Waals surface area contributed by atoms with Gasteiger partial charge in [0.15, 0.2) is 5.03 Å². The van der Waals surface area contributed by atoms with Crippen LogP contribution in [0.5, 0.6) is 0 Å². The number of carbonyl (C=O) groups excluding carboxylic acids is 1. The predicted molar refractivity (Wildman–Crippen MR) is 67.9 cm³/mol. The lowest BCUT2D eigenvalue weighted by molar-refractivity contribution is -0.131. The molecule has 106 valence electrons. The lowest BCUT2D eigenvalue weighted by Crippen LogP contribution is -2.49. The minimum atomic E-state index is -3.68. The first-order chi connectivity index (χ1) is 9.01. The highest BCUT2D eigenvalue weighted by molar-refractivity contribution is 7.89. The zero-order valence-electron chi connectivity index (χ0n) is 10.7. The van der Waals surface area contributed by atoms with E-state index < -0.39 is 10.0 Å². The van der Waals surface area contributed by atoms with Gasteiger partial charge in [-0.05, 0) is 6.07 Å². The van der Waals surface area contributed by atoms with Gasteiger partial charge in [-0.15, -0.1) is 0 Å². The Morgan fingerprint density at radius 3 is 2.74 bits per heavy atom. The molecule has 1 aliphatic rings. The molecule has 1 aromatic rings. The summed E-state index contributed by atoms with van der Waals surface area (Å²) in [5, 5.41) is 9.13. The Labute approximate surface area is 111 Å². The number of likely N-dealkylation sites (N-methyl/N-ethyl adjacent to an activating group) is 1. The number of carbonyl (C=O) groups is 1. The van der Waals surface area contributed by atoms with Gasteiger partial charge in [0.2, 0.25) is 5.91 Å². The first-order valence-electron chi connectivity index (χ1n) is 5.96. The fourth-order valence-electron chi connectivity index (χ4n) is 1.84. The van der Waals surface area contributed by atoms with Gasteiger partial charge in [-0.3, -0.25) is 9.89 Å². The van der Waals surface area contributed by atoms with Crippen molar-refractivity contribution in [2.75, 3.05) is 39.8 Å². The molecule has 8 nitrogen and oxygen atoms in total. The van der Waals surface area contributed by atoms with E-state index >= 15 is 0 Å². The van der Waals surface area contributed by atoms with Crippen molar-refractivity contribution < 1.29 is 13.2 Å². The number of sulfonamides is 1. The lowest BCUT2D eigenvalue weighted by atomic mass is 10.3. The van der Waals surface area contributed by atoms with E-state index in [-0.39, 0.29) is 17.5 Å². The number of aromatic amines is 1. The van der Waals surface area contributed by atoms with Crippen LogP contribution >= 0.6 is 0 Å². The van der Waals surface area contributed by atoms with Crippen molar-refractivity contribution >= 4 is 15.9 Å². The molecule has 2 N–H and O–H groups in total. The van der Waals surface area contributed by atoms with Crippen LogP contribution in [-0.4, -0.2) is 73.5 Å². The van der Waals surface area contributed by atoms with Gasteiger partial charge in [0.05, 0.1) is 12.7 Å². The zero-order valence-corrected chi connectivity index (χ0v) is 11.5. The van der Waals surface area contributed by atoms with E-state index in [1.165, 1.54) is 19.3 Å². The van der Waals surface area contributed by atoms with E-state index in [2.05, 4.69) is 15.5 Å². The van der Waals surface area contributed by atoms with Crippen LogP contribution in [0.1, 0.15) is 0 Å². The molecule has 1 saturated heterocycles. The molecule has 0 spiro atoms. The smallest absolute Gasteiger partial charge is 0.260 e. The lowest BCUT2D eigenvalue weighted by Gasteiger charge is -2.28. The van der Waals surface area contributed by atoms with Crippen LogP contribution in [0.15, 0.2) is 17.3 Å². The number of rotatable bonds is 4. The summed E-state index contributed by atoms with van der Waals surface area (Å²) in [5.41, 5.74) is 0. The minimum absolute atomic E-state index is 0.0110. The third-order valence-electron chi connectivity index (χ3n) is 2.99. The summed E-state index contributed by atoms with van der Waals surface area (Å²) in [4.78, 5) is 13.7. The van der Waals surface area contributed by atoms with Gasteiger partial charge in [-0.2, -0.15) is 9.40 Å². The summed E-state index contributed by atoms with van der Waals surface area (Å²) in [5.74, 6) is -0.188. The van der Waals surface area contributed by atoms with Crippen LogP contribution in [0.4, 0.5) is 0 Å². The van der Waals surface area contributed by atoms with Gasteiger partial charge < -0.3 is 10.2 Å². The molecule has 0 saturated carbocycles. The predicted octanol–water partition coefficient (Wildman–Crippen LogP) is -1.54. The fourth-order valence-corrected chi connectivity index (χ4v) is 2.86. The van der Waals surface area contributed by atoms with Crippen LogP contribution < -0.4 is 5.32 Å². The van der Waals surface area contributed by atoms with Crippen molar-refractivity contribution in [1.29, 1.82) is 0 Å². The SMILES string of the molecule is CN(CC(=O)N1CCNCC1)S(=O)(=O)c1ccn[nH]1. The molecule has 0 unspecified atom stereocenters. The van der Waals surface area contributed by atoms with Gasteiger partial charge >= 0.3 is 0 Å². The molecule has 0 aliphatic carbocycles. The summed E-state index contributed by atoms with van der Waals surface area (Å²) in [6.45, 7) is 2.53. The molecular formula is C10H17N5O3S. The Kier molecular flexibility index (Phi) is 4.17. The third kappa shape index (κ3) is 3.11. The Morgan fingerprint density at radius 1 is 1.47 bits per heavy atom. The Bertz CT molecular complexity index is 521. The maximum Gasteiger partial charge on any atom is 0.260 e. The van der Waals surface area contributed by atoms with Crippen molar-refractivity contribution in [3.05, 3.63) is 12.3 Å². The Balaban J connectivity index is 2.00. The fraction of sp³-hybridized carbons (Fsp3) is 0.600. The number of nitrogens with one attached hydrogen (secondary N) is 2. The highest BCUT2D eigenvalue weighted by Crippen LogP contribution is 2.10. The van der Waals surface area contributed by atoms with Crippen LogP contribution in [0.25, 0.3) is 0 Å². The highest BCUT2D eigenvalue weighted by Gasteiger charge is 2.26.